The molecule has 0 saturated carbocycles. The summed E-state index contributed by atoms with van der Waals surface area (Å²) in [5, 5.41) is 3.22. The highest BCUT2D eigenvalue weighted by Gasteiger charge is 2.22. The maximum atomic E-state index is 13.1. The molecule has 2 fully saturated rings. The van der Waals surface area contributed by atoms with Crippen LogP contribution in [0.1, 0.15) is 40.4 Å². The van der Waals surface area contributed by atoms with E-state index >= 15 is 0 Å². The molecule has 0 bridgehead atoms. The largest absolute Gasteiger partial charge is 0.379 e. The molecule has 6 heteroatoms. The van der Waals surface area contributed by atoms with Crippen molar-refractivity contribution in [2.24, 2.45) is 0 Å². The summed E-state index contributed by atoms with van der Waals surface area (Å²) in [7, 11) is 0. The van der Waals surface area contributed by atoms with Gasteiger partial charge in [0, 0.05) is 44.7 Å². The first-order chi connectivity index (χ1) is 14.7. The summed E-state index contributed by atoms with van der Waals surface area (Å²) in [4.78, 5) is 29.2. The second-order valence-electron chi connectivity index (χ2n) is 7.97. The molecule has 2 aliphatic rings. The highest BCUT2D eigenvalue weighted by Crippen LogP contribution is 2.18. The number of ether oxygens (including phenoxy) is 1. The molecular weight excluding hydrogens is 378 g/mol. The number of amides is 2. The molecule has 2 heterocycles. The van der Waals surface area contributed by atoms with Crippen molar-refractivity contribution in [1.82, 2.24) is 15.1 Å². The van der Waals surface area contributed by atoms with Crippen LogP contribution in [0.25, 0.3) is 0 Å². The van der Waals surface area contributed by atoms with Crippen LogP contribution in [-0.4, -0.2) is 61.0 Å². The van der Waals surface area contributed by atoms with Gasteiger partial charge in [0.25, 0.3) is 5.91 Å². The number of hydrogen-bond acceptors (Lipinski definition) is 4. The average molecular weight is 408 g/mol. The van der Waals surface area contributed by atoms with E-state index in [0.717, 1.165) is 56.9 Å². The Kier molecular flexibility index (Phi) is 6.77. The Morgan fingerprint density at radius 2 is 1.83 bits per heavy atom. The van der Waals surface area contributed by atoms with Gasteiger partial charge in [-0.2, -0.15) is 0 Å². The highest BCUT2D eigenvalue weighted by atomic mass is 16.5. The fraction of sp³-hybridized carbons (Fsp3) is 0.417. The van der Waals surface area contributed by atoms with Crippen LogP contribution >= 0.6 is 0 Å². The topological polar surface area (TPSA) is 61.9 Å². The highest BCUT2D eigenvalue weighted by molar-refractivity contribution is 5.94. The van der Waals surface area contributed by atoms with Crippen LogP contribution in [0.15, 0.2) is 54.6 Å². The van der Waals surface area contributed by atoms with Gasteiger partial charge in [-0.1, -0.05) is 42.5 Å². The summed E-state index contributed by atoms with van der Waals surface area (Å²) < 4.78 is 5.46. The van der Waals surface area contributed by atoms with Gasteiger partial charge in [-0.3, -0.25) is 14.5 Å². The number of rotatable bonds is 7. The van der Waals surface area contributed by atoms with E-state index in [4.69, 9.17) is 4.74 Å². The van der Waals surface area contributed by atoms with Gasteiger partial charge in [-0.25, -0.2) is 0 Å². The van der Waals surface area contributed by atoms with Gasteiger partial charge in [0.2, 0.25) is 5.91 Å². The molecule has 0 aliphatic carbocycles. The van der Waals surface area contributed by atoms with Gasteiger partial charge in [0.05, 0.1) is 19.3 Å². The van der Waals surface area contributed by atoms with E-state index < -0.39 is 0 Å². The molecule has 158 valence electrons. The molecule has 2 aromatic rings. The Morgan fingerprint density at radius 1 is 1.03 bits per heavy atom. The van der Waals surface area contributed by atoms with Crippen LogP contribution in [0, 0.1) is 0 Å². The van der Waals surface area contributed by atoms with Gasteiger partial charge in [-0.15, -0.1) is 0 Å². The zero-order valence-corrected chi connectivity index (χ0v) is 17.3. The molecule has 1 atom stereocenters. The molecule has 2 aliphatic heterocycles. The number of hydrogen-bond donors (Lipinski definition) is 1. The first-order valence-corrected chi connectivity index (χ1v) is 10.7. The molecule has 0 radical (unpaired) electrons. The summed E-state index contributed by atoms with van der Waals surface area (Å²) in [5.74, 6) is 0.103. The number of nitrogens with one attached hydrogen (secondary N) is 1. The molecule has 0 aromatic heterocycles. The van der Waals surface area contributed by atoms with E-state index in [0.29, 0.717) is 18.5 Å². The van der Waals surface area contributed by atoms with Gasteiger partial charge >= 0.3 is 0 Å². The van der Waals surface area contributed by atoms with Crippen LogP contribution in [0.4, 0.5) is 0 Å². The summed E-state index contributed by atoms with van der Waals surface area (Å²) in [6.07, 6.45) is 1.54. The molecule has 1 N–H and O–H groups in total. The van der Waals surface area contributed by atoms with Crippen molar-refractivity contribution in [2.75, 3.05) is 39.4 Å². The second-order valence-corrected chi connectivity index (χ2v) is 7.97. The Bertz CT molecular complexity index is 865. The molecule has 0 unspecified atom stereocenters. The summed E-state index contributed by atoms with van der Waals surface area (Å²) in [6.45, 7) is 5.32. The number of likely N-dealkylation sites (tertiary alicyclic amines) is 1. The van der Waals surface area contributed by atoms with Crippen molar-refractivity contribution in [1.29, 1.82) is 0 Å². The van der Waals surface area contributed by atoms with Crippen LogP contribution in [0.2, 0.25) is 0 Å². The van der Waals surface area contributed by atoms with Crippen LogP contribution < -0.4 is 5.32 Å². The number of carbonyl (C=O) groups is 2. The molecule has 2 aromatic carbocycles. The maximum Gasteiger partial charge on any atom is 0.251 e. The first kappa shape index (κ1) is 20.6. The minimum absolute atomic E-state index is 0.0910. The third-order valence-corrected chi connectivity index (χ3v) is 5.79. The Hall–Kier alpha value is -2.70. The predicted molar refractivity (Wildman–Crippen MR) is 115 cm³/mol. The van der Waals surface area contributed by atoms with Crippen molar-refractivity contribution in [3.8, 4) is 0 Å². The summed E-state index contributed by atoms with van der Waals surface area (Å²) >= 11 is 0. The van der Waals surface area contributed by atoms with E-state index in [1.165, 1.54) is 0 Å². The molecule has 30 heavy (non-hydrogen) atoms. The monoisotopic (exact) mass is 407 g/mol. The van der Waals surface area contributed by atoms with Gasteiger partial charge in [-0.05, 0) is 29.7 Å². The van der Waals surface area contributed by atoms with Gasteiger partial charge in [0.15, 0.2) is 0 Å². The lowest BCUT2D eigenvalue weighted by Crippen LogP contribution is -2.43. The second kappa shape index (κ2) is 9.87. The smallest absolute Gasteiger partial charge is 0.251 e. The molecular formula is C24H29N3O3. The molecule has 4 rings (SSSR count). The summed E-state index contributed by atoms with van der Waals surface area (Å²) in [5.41, 5.74) is 2.71. The lowest BCUT2D eigenvalue weighted by Gasteiger charge is -2.31. The van der Waals surface area contributed by atoms with E-state index in [1.54, 1.807) is 0 Å². The average Bonchev–Trinajstić information content (AvgIpc) is 3.19. The predicted octanol–water partition coefficient (Wildman–Crippen LogP) is 2.61. The molecule has 2 amide bonds. The molecule has 0 spiro atoms. The van der Waals surface area contributed by atoms with Crippen LogP contribution in [-0.2, 0) is 16.1 Å². The fourth-order valence-electron chi connectivity index (χ4n) is 4.11. The standard InChI is InChI=1S/C24H29N3O3/c28-23-10-5-11-27(23)17-19-6-4-9-21(16-19)24(29)25-22(20-7-2-1-3-8-20)18-26-12-14-30-15-13-26/h1-4,6-9,16,22H,5,10-15,17-18H2,(H,25,29)/t22-/m1/s1. The van der Waals surface area contributed by atoms with E-state index in [2.05, 4.69) is 22.3 Å². The van der Waals surface area contributed by atoms with Crippen molar-refractivity contribution in [2.45, 2.75) is 25.4 Å². The Labute approximate surface area is 177 Å². The normalized spacial score (nSPS) is 18.4. The van der Waals surface area contributed by atoms with E-state index in [1.807, 2.05) is 47.4 Å². The number of carbonyl (C=O) groups excluding carboxylic acids is 2. The number of benzene rings is 2. The first-order valence-electron chi connectivity index (χ1n) is 10.7. The van der Waals surface area contributed by atoms with E-state index in [-0.39, 0.29) is 17.9 Å². The number of nitrogens with zero attached hydrogens (tertiary/aromatic N) is 2. The van der Waals surface area contributed by atoms with Crippen LogP contribution in [0.3, 0.4) is 0 Å². The quantitative estimate of drug-likeness (QED) is 0.767. The lowest BCUT2D eigenvalue weighted by molar-refractivity contribution is -0.128. The Morgan fingerprint density at radius 3 is 2.57 bits per heavy atom. The van der Waals surface area contributed by atoms with Crippen molar-refractivity contribution in [3.63, 3.8) is 0 Å². The third-order valence-electron chi connectivity index (χ3n) is 5.79. The summed E-state index contributed by atoms with van der Waals surface area (Å²) in [6, 6.07) is 17.6. The van der Waals surface area contributed by atoms with Crippen LogP contribution in [0.5, 0.6) is 0 Å². The zero-order chi connectivity index (χ0) is 20.8. The number of morpholine rings is 1. The maximum absolute atomic E-state index is 13.1. The minimum Gasteiger partial charge on any atom is -0.379 e. The molecule has 2 saturated heterocycles. The van der Waals surface area contributed by atoms with Gasteiger partial charge < -0.3 is 15.0 Å². The van der Waals surface area contributed by atoms with E-state index in [9.17, 15) is 9.59 Å². The SMILES string of the molecule is O=C(N[C@H](CN1CCOCC1)c1ccccc1)c1cccc(CN2CCCC2=O)c1. The lowest BCUT2D eigenvalue weighted by atomic mass is 10.0. The Balaban J connectivity index is 1.46. The minimum atomic E-state index is -0.0967. The van der Waals surface area contributed by atoms with Crippen molar-refractivity contribution in [3.05, 3.63) is 71.3 Å². The molecule has 6 nitrogen and oxygen atoms in total. The van der Waals surface area contributed by atoms with Crippen molar-refractivity contribution < 1.29 is 14.3 Å². The zero-order valence-electron chi connectivity index (χ0n) is 17.3. The fourth-order valence-corrected chi connectivity index (χ4v) is 4.11. The van der Waals surface area contributed by atoms with Gasteiger partial charge in [0.1, 0.15) is 0 Å². The van der Waals surface area contributed by atoms with Crippen molar-refractivity contribution >= 4 is 11.8 Å². The third kappa shape index (κ3) is 5.26.